The van der Waals surface area contributed by atoms with Crippen molar-refractivity contribution in [3.05, 3.63) is 39.5 Å². The van der Waals surface area contributed by atoms with E-state index in [-0.39, 0.29) is 0 Å². The number of aromatic nitrogens is 2. The monoisotopic (exact) mass is 258 g/mol. The van der Waals surface area contributed by atoms with E-state index in [0.717, 1.165) is 29.9 Å². The maximum absolute atomic E-state index is 9.13. The SMILES string of the molecule is Cc1cc(C)c(C#N)c(NCCc2cscn2)n1. The molecule has 92 valence electrons. The third kappa shape index (κ3) is 2.84. The van der Waals surface area contributed by atoms with Gasteiger partial charge in [0.05, 0.1) is 16.8 Å². The first-order chi connectivity index (χ1) is 8.70. The zero-order chi connectivity index (χ0) is 13.0. The summed E-state index contributed by atoms with van der Waals surface area (Å²) in [5, 5.41) is 14.4. The molecule has 2 aromatic heterocycles. The number of aryl methyl sites for hydroxylation is 2. The fraction of sp³-hybridized carbons (Fsp3) is 0.308. The van der Waals surface area contributed by atoms with E-state index in [1.54, 1.807) is 11.3 Å². The topological polar surface area (TPSA) is 61.6 Å². The zero-order valence-corrected chi connectivity index (χ0v) is 11.2. The van der Waals surface area contributed by atoms with Gasteiger partial charge in [-0.3, -0.25) is 0 Å². The molecular formula is C13H14N4S. The van der Waals surface area contributed by atoms with Crippen LogP contribution in [0.5, 0.6) is 0 Å². The maximum Gasteiger partial charge on any atom is 0.144 e. The van der Waals surface area contributed by atoms with Crippen LogP contribution < -0.4 is 5.32 Å². The zero-order valence-electron chi connectivity index (χ0n) is 10.4. The molecule has 0 amide bonds. The molecule has 2 heterocycles. The third-order valence-corrected chi connectivity index (χ3v) is 3.25. The fourth-order valence-electron chi connectivity index (χ4n) is 1.78. The Labute approximate surface area is 110 Å². The van der Waals surface area contributed by atoms with Gasteiger partial charge in [-0.15, -0.1) is 11.3 Å². The van der Waals surface area contributed by atoms with Crippen molar-refractivity contribution in [3.8, 4) is 6.07 Å². The highest BCUT2D eigenvalue weighted by molar-refractivity contribution is 7.07. The van der Waals surface area contributed by atoms with Crippen molar-refractivity contribution in [3.63, 3.8) is 0 Å². The highest BCUT2D eigenvalue weighted by Gasteiger charge is 2.07. The molecule has 0 atom stereocenters. The molecule has 4 nitrogen and oxygen atoms in total. The standard InChI is InChI=1S/C13H14N4S/c1-9-5-10(2)17-13(12(9)6-14)15-4-3-11-7-18-8-16-11/h5,7-8H,3-4H2,1-2H3,(H,15,17). The van der Waals surface area contributed by atoms with E-state index in [0.29, 0.717) is 11.4 Å². The van der Waals surface area contributed by atoms with Crippen LogP contribution in [0.2, 0.25) is 0 Å². The van der Waals surface area contributed by atoms with Crippen molar-refractivity contribution in [2.75, 3.05) is 11.9 Å². The lowest BCUT2D eigenvalue weighted by molar-refractivity contribution is 0.962. The average molecular weight is 258 g/mol. The summed E-state index contributed by atoms with van der Waals surface area (Å²) >= 11 is 1.59. The van der Waals surface area contributed by atoms with E-state index < -0.39 is 0 Å². The molecule has 0 aliphatic carbocycles. The molecule has 0 fully saturated rings. The van der Waals surface area contributed by atoms with E-state index >= 15 is 0 Å². The van der Waals surface area contributed by atoms with Crippen molar-refractivity contribution < 1.29 is 0 Å². The average Bonchev–Trinajstić information content (AvgIpc) is 2.81. The Morgan fingerprint density at radius 3 is 2.94 bits per heavy atom. The summed E-state index contributed by atoms with van der Waals surface area (Å²) in [5.41, 5.74) is 5.39. The molecule has 18 heavy (non-hydrogen) atoms. The number of nitrogens with zero attached hydrogens (tertiary/aromatic N) is 3. The Bertz CT molecular complexity index is 569. The quantitative estimate of drug-likeness (QED) is 0.916. The van der Waals surface area contributed by atoms with Crippen LogP contribution in [-0.4, -0.2) is 16.5 Å². The Morgan fingerprint density at radius 2 is 2.28 bits per heavy atom. The van der Waals surface area contributed by atoms with Crippen LogP contribution >= 0.6 is 11.3 Å². The molecule has 0 saturated carbocycles. The lowest BCUT2D eigenvalue weighted by atomic mass is 10.1. The summed E-state index contributed by atoms with van der Waals surface area (Å²) < 4.78 is 0. The second-order valence-electron chi connectivity index (χ2n) is 4.07. The Balaban J connectivity index is 2.07. The Kier molecular flexibility index (Phi) is 3.90. The van der Waals surface area contributed by atoms with Gasteiger partial charge in [0.15, 0.2) is 0 Å². The first-order valence-electron chi connectivity index (χ1n) is 5.70. The molecule has 0 spiro atoms. The molecule has 0 aliphatic heterocycles. The molecule has 0 aliphatic rings. The number of hydrogen-bond donors (Lipinski definition) is 1. The normalized spacial score (nSPS) is 10.1. The summed E-state index contributed by atoms with van der Waals surface area (Å²) in [6.07, 6.45) is 0.836. The number of hydrogen-bond acceptors (Lipinski definition) is 5. The summed E-state index contributed by atoms with van der Waals surface area (Å²) in [6, 6.07) is 4.12. The van der Waals surface area contributed by atoms with Crippen LogP contribution in [0.1, 0.15) is 22.5 Å². The van der Waals surface area contributed by atoms with Gasteiger partial charge in [-0.25, -0.2) is 9.97 Å². The predicted octanol–water partition coefficient (Wildman–Crippen LogP) is 2.68. The molecule has 0 saturated heterocycles. The molecule has 5 heteroatoms. The Morgan fingerprint density at radius 1 is 1.44 bits per heavy atom. The van der Waals surface area contributed by atoms with E-state index in [4.69, 9.17) is 5.26 Å². The van der Waals surface area contributed by atoms with Crippen molar-refractivity contribution >= 4 is 17.2 Å². The van der Waals surface area contributed by atoms with Gasteiger partial charge in [-0.05, 0) is 25.5 Å². The van der Waals surface area contributed by atoms with Crippen LogP contribution in [0.3, 0.4) is 0 Å². The van der Waals surface area contributed by atoms with Crippen molar-refractivity contribution in [2.24, 2.45) is 0 Å². The number of nitrogens with one attached hydrogen (secondary N) is 1. The second-order valence-corrected chi connectivity index (χ2v) is 4.79. The van der Waals surface area contributed by atoms with Gasteiger partial charge in [-0.2, -0.15) is 5.26 Å². The van der Waals surface area contributed by atoms with Gasteiger partial charge in [0.1, 0.15) is 11.9 Å². The van der Waals surface area contributed by atoms with Crippen molar-refractivity contribution in [1.82, 2.24) is 9.97 Å². The van der Waals surface area contributed by atoms with Crippen molar-refractivity contribution in [2.45, 2.75) is 20.3 Å². The summed E-state index contributed by atoms with van der Waals surface area (Å²) in [6.45, 7) is 4.59. The van der Waals surface area contributed by atoms with E-state index in [9.17, 15) is 0 Å². The molecule has 2 rings (SSSR count). The molecule has 0 unspecified atom stereocenters. The second kappa shape index (κ2) is 5.61. The highest BCUT2D eigenvalue weighted by Crippen LogP contribution is 2.17. The van der Waals surface area contributed by atoms with Gasteiger partial charge in [0, 0.05) is 24.0 Å². The largest absolute Gasteiger partial charge is 0.369 e. The lowest BCUT2D eigenvalue weighted by Gasteiger charge is -2.09. The third-order valence-electron chi connectivity index (χ3n) is 2.61. The number of nitriles is 1. The Hall–Kier alpha value is -1.93. The lowest BCUT2D eigenvalue weighted by Crippen LogP contribution is -2.09. The number of rotatable bonds is 4. The van der Waals surface area contributed by atoms with E-state index in [2.05, 4.69) is 21.4 Å². The number of thiazole rings is 1. The minimum Gasteiger partial charge on any atom is -0.369 e. The highest BCUT2D eigenvalue weighted by atomic mass is 32.1. The molecular weight excluding hydrogens is 244 g/mol. The summed E-state index contributed by atoms with van der Waals surface area (Å²) in [7, 11) is 0. The van der Waals surface area contributed by atoms with Gasteiger partial charge in [0.2, 0.25) is 0 Å². The molecule has 0 bridgehead atoms. The van der Waals surface area contributed by atoms with Gasteiger partial charge in [-0.1, -0.05) is 0 Å². The van der Waals surface area contributed by atoms with E-state index in [1.807, 2.05) is 30.8 Å². The first kappa shape index (κ1) is 12.5. The van der Waals surface area contributed by atoms with E-state index in [1.165, 1.54) is 0 Å². The minimum atomic E-state index is 0.624. The minimum absolute atomic E-state index is 0.624. The summed E-state index contributed by atoms with van der Waals surface area (Å²) in [4.78, 5) is 8.59. The molecule has 1 N–H and O–H groups in total. The number of pyridine rings is 1. The predicted molar refractivity (Wildman–Crippen MR) is 72.7 cm³/mol. The molecule has 0 aromatic carbocycles. The molecule has 2 aromatic rings. The molecule has 0 radical (unpaired) electrons. The maximum atomic E-state index is 9.13. The van der Waals surface area contributed by atoms with Gasteiger partial charge in [0.25, 0.3) is 0 Å². The fourth-order valence-corrected chi connectivity index (χ4v) is 2.37. The van der Waals surface area contributed by atoms with Crippen LogP contribution in [0, 0.1) is 25.2 Å². The number of anilines is 1. The van der Waals surface area contributed by atoms with Crippen LogP contribution in [0.15, 0.2) is 17.0 Å². The smallest absolute Gasteiger partial charge is 0.144 e. The van der Waals surface area contributed by atoms with Crippen LogP contribution in [0.4, 0.5) is 5.82 Å². The first-order valence-corrected chi connectivity index (χ1v) is 6.64. The summed E-state index contributed by atoms with van der Waals surface area (Å²) in [5.74, 6) is 0.672. The van der Waals surface area contributed by atoms with Crippen molar-refractivity contribution in [1.29, 1.82) is 5.26 Å². The van der Waals surface area contributed by atoms with Gasteiger partial charge >= 0.3 is 0 Å². The van der Waals surface area contributed by atoms with Crippen LogP contribution in [0.25, 0.3) is 0 Å². The van der Waals surface area contributed by atoms with Crippen LogP contribution in [-0.2, 0) is 6.42 Å². The van der Waals surface area contributed by atoms with Gasteiger partial charge < -0.3 is 5.32 Å².